The van der Waals surface area contributed by atoms with E-state index in [1.165, 1.54) is 0 Å². The van der Waals surface area contributed by atoms with Crippen molar-refractivity contribution in [2.45, 2.75) is 13.8 Å². The first-order valence-electron chi connectivity index (χ1n) is 6.50. The summed E-state index contributed by atoms with van der Waals surface area (Å²) in [6.45, 7) is 3.68. The third kappa shape index (κ3) is 2.17. The zero-order chi connectivity index (χ0) is 15.1. The number of aromatic nitrogens is 2. The molecule has 3 rings (SSSR count). The lowest BCUT2D eigenvalue weighted by molar-refractivity contribution is 0.893. The van der Waals surface area contributed by atoms with Crippen molar-refractivity contribution in [1.82, 2.24) is 9.55 Å². The average Bonchev–Trinajstić information content (AvgIpc) is 2.44. The van der Waals surface area contributed by atoms with Crippen molar-refractivity contribution in [2.75, 3.05) is 0 Å². The Morgan fingerprint density at radius 1 is 1.10 bits per heavy atom. The van der Waals surface area contributed by atoms with Crippen LogP contribution in [0.15, 0.2) is 46.0 Å². The minimum atomic E-state index is -0.471. The largest absolute Gasteiger partial charge is 0.333 e. The van der Waals surface area contributed by atoms with E-state index < -0.39 is 5.69 Å². The van der Waals surface area contributed by atoms with Crippen molar-refractivity contribution in [3.05, 3.63) is 73.4 Å². The van der Waals surface area contributed by atoms with Gasteiger partial charge in [0.25, 0.3) is 5.56 Å². The van der Waals surface area contributed by atoms with E-state index in [0.717, 1.165) is 10.1 Å². The molecule has 1 heterocycles. The van der Waals surface area contributed by atoms with Crippen LogP contribution < -0.4 is 11.2 Å². The molecule has 1 aromatic heterocycles. The van der Waals surface area contributed by atoms with Crippen LogP contribution in [0.5, 0.6) is 0 Å². The fourth-order valence-corrected chi connectivity index (χ4v) is 2.55. The Labute approximate surface area is 125 Å². The van der Waals surface area contributed by atoms with Crippen molar-refractivity contribution < 1.29 is 0 Å². The van der Waals surface area contributed by atoms with Gasteiger partial charge in [0.1, 0.15) is 0 Å². The van der Waals surface area contributed by atoms with E-state index in [2.05, 4.69) is 4.98 Å². The van der Waals surface area contributed by atoms with Gasteiger partial charge in [-0.1, -0.05) is 29.3 Å². The molecule has 0 unspecified atom stereocenters. The first kappa shape index (κ1) is 13.6. The number of fused-ring (bicyclic) bond motifs is 1. The topological polar surface area (TPSA) is 54.9 Å². The molecule has 0 spiro atoms. The molecule has 3 aromatic rings. The molecule has 0 amide bonds. The molecule has 0 bridgehead atoms. The highest BCUT2D eigenvalue weighted by molar-refractivity contribution is 6.31. The third-order valence-corrected chi connectivity index (χ3v) is 3.94. The Kier molecular flexibility index (Phi) is 3.18. The summed E-state index contributed by atoms with van der Waals surface area (Å²) in [6.07, 6.45) is 0. The number of hydrogen-bond donors (Lipinski definition) is 1. The van der Waals surface area contributed by atoms with Crippen LogP contribution in [0, 0.1) is 13.8 Å². The van der Waals surface area contributed by atoms with Crippen LogP contribution in [0.4, 0.5) is 0 Å². The molecule has 21 heavy (non-hydrogen) atoms. The highest BCUT2D eigenvalue weighted by atomic mass is 35.5. The standard InChI is InChI=1S/C16H13ClN2O2/c1-9-6-7-13-11(8-9)15(20)19(16(21)18-13)14-5-3-4-12(17)10(14)2/h3-8H,1-2H3,(H,18,21). The smallest absolute Gasteiger partial charge is 0.306 e. The summed E-state index contributed by atoms with van der Waals surface area (Å²) in [5.74, 6) is 0. The summed E-state index contributed by atoms with van der Waals surface area (Å²) in [7, 11) is 0. The van der Waals surface area contributed by atoms with Gasteiger partial charge in [0.2, 0.25) is 0 Å². The second kappa shape index (κ2) is 4.90. The molecule has 0 fully saturated rings. The van der Waals surface area contributed by atoms with Crippen LogP contribution in [0.2, 0.25) is 5.02 Å². The van der Waals surface area contributed by atoms with E-state index in [9.17, 15) is 9.59 Å². The van der Waals surface area contributed by atoms with Crippen LogP contribution in [0.3, 0.4) is 0 Å². The SMILES string of the molecule is Cc1ccc2[nH]c(=O)n(-c3cccc(Cl)c3C)c(=O)c2c1. The average molecular weight is 301 g/mol. The number of nitrogens with one attached hydrogen (secondary N) is 1. The minimum absolute atomic E-state index is 0.345. The predicted octanol–water partition coefficient (Wildman–Crippen LogP) is 2.95. The fourth-order valence-electron chi connectivity index (χ4n) is 2.38. The van der Waals surface area contributed by atoms with E-state index in [1.54, 1.807) is 37.3 Å². The quantitative estimate of drug-likeness (QED) is 0.751. The molecule has 0 radical (unpaired) electrons. The van der Waals surface area contributed by atoms with E-state index in [1.807, 2.05) is 13.0 Å². The molecular weight excluding hydrogens is 288 g/mol. The van der Waals surface area contributed by atoms with Crippen molar-refractivity contribution in [2.24, 2.45) is 0 Å². The van der Waals surface area contributed by atoms with E-state index in [-0.39, 0.29) is 5.56 Å². The number of benzene rings is 2. The summed E-state index contributed by atoms with van der Waals surface area (Å²) >= 11 is 6.08. The van der Waals surface area contributed by atoms with Gasteiger partial charge in [-0.15, -0.1) is 0 Å². The van der Waals surface area contributed by atoms with Crippen LogP contribution in [-0.4, -0.2) is 9.55 Å². The maximum absolute atomic E-state index is 12.7. The Bertz CT molecular complexity index is 970. The van der Waals surface area contributed by atoms with Crippen molar-refractivity contribution in [3.63, 3.8) is 0 Å². The highest BCUT2D eigenvalue weighted by Gasteiger charge is 2.12. The number of H-pyrrole nitrogens is 1. The van der Waals surface area contributed by atoms with Gasteiger partial charge in [-0.3, -0.25) is 4.79 Å². The second-order valence-electron chi connectivity index (χ2n) is 5.00. The van der Waals surface area contributed by atoms with Crippen LogP contribution >= 0.6 is 11.6 Å². The molecule has 0 saturated heterocycles. The number of hydrogen-bond acceptors (Lipinski definition) is 2. The third-order valence-electron chi connectivity index (χ3n) is 3.53. The van der Waals surface area contributed by atoms with Gasteiger partial charge in [-0.05, 0) is 43.7 Å². The molecule has 0 saturated carbocycles. The zero-order valence-corrected chi connectivity index (χ0v) is 12.4. The Morgan fingerprint density at radius 3 is 2.62 bits per heavy atom. The highest BCUT2D eigenvalue weighted by Crippen LogP contribution is 2.20. The van der Waals surface area contributed by atoms with Gasteiger partial charge in [-0.2, -0.15) is 0 Å². The number of halogens is 1. The molecule has 106 valence electrons. The van der Waals surface area contributed by atoms with Crippen molar-refractivity contribution in [3.8, 4) is 5.69 Å². The van der Waals surface area contributed by atoms with Crippen LogP contribution in [0.1, 0.15) is 11.1 Å². The summed E-state index contributed by atoms with van der Waals surface area (Å²) in [5, 5.41) is 0.997. The van der Waals surface area contributed by atoms with Crippen molar-refractivity contribution in [1.29, 1.82) is 0 Å². The second-order valence-corrected chi connectivity index (χ2v) is 5.41. The van der Waals surface area contributed by atoms with Gasteiger partial charge in [-0.25, -0.2) is 9.36 Å². The van der Waals surface area contributed by atoms with Gasteiger partial charge in [0, 0.05) is 5.02 Å². The molecule has 0 aliphatic carbocycles. The first-order chi connectivity index (χ1) is 9.99. The van der Waals surface area contributed by atoms with E-state index >= 15 is 0 Å². The Balaban J connectivity index is 2.46. The van der Waals surface area contributed by atoms with Gasteiger partial charge < -0.3 is 4.98 Å². The number of nitrogens with zero attached hydrogens (tertiary/aromatic N) is 1. The Morgan fingerprint density at radius 2 is 1.86 bits per heavy atom. The number of aromatic amines is 1. The fraction of sp³-hybridized carbons (Fsp3) is 0.125. The van der Waals surface area contributed by atoms with Crippen molar-refractivity contribution >= 4 is 22.5 Å². The predicted molar refractivity (Wildman–Crippen MR) is 84.6 cm³/mol. The minimum Gasteiger partial charge on any atom is -0.306 e. The molecular formula is C16H13ClN2O2. The maximum atomic E-state index is 12.7. The zero-order valence-electron chi connectivity index (χ0n) is 11.6. The molecule has 2 aromatic carbocycles. The lowest BCUT2D eigenvalue weighted by atomic mass is 10.1. The molecule has 0 aliphatic rings. The molecule has 4 nitrogen and oxygen atoms in total. The maximum Gasteiger partial charge on any atom is 0.333 e. The molecule has 1 N–H and O–H groups in total. The van der Waals surface area contributed by atoms with Crippen LogP contribution in [0.25, 0.3) is 16.6 Å². The lowest BCUT2D eigenvalue weighted by Crippen LogP contribution is -2.34. The molecule has 5 heteroatoms. The lowest BCUT2D eigenvalue weighted by Gasteiger charge is -2.10. The summed E-state index contributed by atoms with van der Waals surface area (Å²) in [5.41, 5.74) is 1.87. The van der Waals surface area contributed by atoms with Gasteiger partial charge in [0.05, 0.1) is 16.6 Å². The summed E-state index contributed by atoms with van der Waals surface area (Å²) < 4.78 is 1.13. The van der Waals surface area contributed by atoms with E-state index in [4.69, 9.17) is 11.6 Å². The monoisotopic (exact) mass is 300 g/mol. The molecule has 0 aliphatic heterocycles. The number of rotatable bonds is 1. The van der Waals surface area contributed by atoms with Gasteiger partial charge in [0.15, 0.2) is 0 Å². The van der Waals surface area contributed by atoms with E-state index in [0.29, 0.717) is 27.2 Å². The first-order valence-corrected chi connectivity index (χ1v) is 6.88. The normalized spacial score (nSPS) is 11.0. The Hall–Kier alpha value is -2.33. The number of aryl methyl sites for hydroxylation is 1. The van der Waals surface area contributed by atoms with Gasteiger partial charge >= 0.3 is 5.69 Å². The van der Waals surface area contributed by atoms with Crippen LogP contribution in [-0.2, 0) is 0 Å². The summed E-state index contributed by atoms with van der Waals surface area (Å²) in [4.78, 5) is 27.7. The summed E-state index contributed by atoms with van der Waals surface area (Å²) in [6, 6.07) is 10.5. The molecule has 0 atom stereocenters.